The first-order valence-electron chi connectivity index (χ1n) is 12.0. The molecule has 1 amide bonds. The number of nitrogens with one attached hydrogen (secondary N) is 2. The van der Waals surface area contributed by atoms with E-state index in [0.29, 0.717) is 28.8 Å². The molecule has 0 saturated carbocycles. The van der Waals surface area contributed by atoms with Gasteiger partial charge in [0.15, 0.2) is 5.96 Å². The molecule has 0 aromatic heterocycles. The van der Waals surface area contributed by atoms with Gasteiger partial charge < -0.3 is 35.3 Å². The van der Waals surface area contributed by atoms with Gasteiger partial charge in [0.05, 0.1) is 24.3 Å². The van der Waals surface area contributed by atoms with Gasteiger partial charge in [-0.15, -0.1) is 0 Å². The molecule has 11 heteroatoms. The first-order chi connectivity index (χ1) is 18.7. The maximum atomic E-state index is 13.1. The number of nitrogens with two attached hydrogens (primary N) is 1. The van der Waals surface area contributed by atoms with Crippen LogP contribution in [0.5, 0.6) is 11.5 Å². The second kappa shape index (κ2) is 11.9. The van der Waals surface area contributed by atoms with Crippen molar-refractivity contribution in [3.8, 4) is 11.5 Å². The Kier molecular flexibility index (Phi) is 8.20. The number of hydrogen-bond donors (Lipinski definition) is 4. The Morgan fingerprint density at radius 3 is 2.56 bits per heavy atom. The number of anilines is 1. The third-order valence-corrected chi connectivity index (χ3v) is 6.09. The van der Waals surface area contributed by atoms with Crippen molar-refractivity contribution in [3.05, 3.63) is 89.0 Å². The van der Waals surface area contributed by atoms with Crippen LogP contribution in [0.3, 0.4) is 0 Å². The van der Waals surface area contributed by atoms with Crippen molar-refractivity contribution in [2.45, 2.75) is 18.9 Å². The third kappa shape index (κ3) is 6.77. The number of esters is 1. The summed E-state index contributed by atoms with van der Waals surface area (Å²) in [4.78, 5) is 49.5. The fraction of sp³-hybridized carbons (Fsp3) is 0.179. The summed E-state index contributed by atoms with van der Waals surface area (Å²) in [6, 6.07) is 17.5. The summed E-state index contributed by atoms with van der Waals surface area (Å²) in [6.07, 6.45) is 0.714. The number of amides is 1. The van der Waals surface area contributed by atoms with E-state index in [9.17, 15) is 24.3 Å². The van der Waals surface area contributed by atoms with Gasteiger partial charge in [-0.3, -0.25) is 10.2 Å². The van der Waals surface area contributed by atoms with Crippen LogP contribution in [0.15, 0.2) is 66.7 Å². The smallest absolute Gasteiger partial charge is 0.343 e. The predicted molar refractivity (Wildman–Crippen MR) is 141 cm³/mol. The molecule has 3 aromatic rings. The topological polar surface area (TPSA) is 172 Å². The number of nitrogens with zero attached hydrogens (tertiary/aromatic N) is 1. The number of ether oxygens (including phenoxy) is 2. The summed E-state index contributed by atoms with van der Waals surface area (Å²) in [5, 5.41) is 19.1. The van der Waals surface area contributed by atoms with Gasteiger partial charge in [0.1, 0.15) is 17.8 Å². The van der Waals surface area contributed by atoms with Crippen molar-refractivity contribution in [2.24, 2.45) is 5.73 Å². The summed E-state index contributed by atoms with van der Waals surface area (Å²) in [6.45, 7) is 0.212. The Morgan fingerprint density at radius 1 is 1.10 bits per heavy atom. The minimum Gasteiger partial charge on any atom is -0.492 e. The van der Waals surface area contributed by atoms with Crippen molar-refractivity contribution in [2.75, 3.05) is 18.5 Å². The standard InChI is InChI=1S/C28H26N4O7/c29-28(30)31-21-6-4-18(5-7-21)27(37)39-22-8-9-23-20(16-38-24(23)14-22)13-25(34)32(10-11-33)15-17-2-1-3-19(12-17)26(35)36/h1-9,11-12,14,20H,10,13,15-16H2,(H,35,36)(H4,29,30,31). The molecule has 0 aliphatic carbocycles. The molecule has 0 bridgehead atoms. The Labute approximate surface area is 223 Å². The molecule has 11 nitrogen and oxygen atoms in total. The van der Waals surface area contributed by atoms with Gasteiger partial charge in [0, 0.05) is 36.2 Å². The zero-order valence-electron chi connectivity index (χ0n) is 20.8. The van der Waals surface area contributed by atoms with Crippen molar-refractivity contribution in [3.63, 3.8) is 0 Å². The molecule has 0 fully saturated rings. The summed E-state index contributed by atoms with van der Waals surface area (Å²) in [5.41, 5.74) is 7.64. The van der Waals surface area contributed by atoms with Gasteiger partial charge in [0.2, 0.25) is 5.91 Å². The lowest BCUT2D eigenvalue weighted by atomic mass is 9.97. The highest BCUT2D eigenvalue weighted by atomic mass is 16.5. The molecule has 0 spiro atoms. The quantitative estimate of drug-likeness (QED) is 0.101. The molecule has 0 saturated heterocycles. The first-order valence-corrected chi connectivity index (χ1v) is 12.0. The number of carboxylic acid groups (broad SMARTS) is 1. The van der Waals surface area contributed by atoms with Crippen LogP contribution in [0.2, 0.25) is 0 Å². The number of hydrogen-bond acceptors (Lipinski definition) is 7. The summed E-state index contributed by atoms with van der Waals surface area (Å²) in [5.74, 6) is -1.64. The van der Waals surface area contributed by atoms with Crippen molar-refractivity contribution < 1.29 is 33.8 Å². The monoisotopic (exact) mass is 530 g/mol. The molecule has 3 aromatic carbocycles. The van der Waals surface area contributed by atoms with E-state index in [0.717, 1.165) is 5.56 Å². The number of guanidine groups is 1. The molecule has 1 unspecified atom stereocenters. The Hall–Kier alpha value is -5.19. The van der Waals surface area contributed by atoms with Crippen LogP contribution in [-0.2, 0) is 16.1 Å². The molecule has 5 N–H and O–H groups in total. The molecular weight excluding hydrogens is 504 g/mol. The summed E-state index contributed by atoms with van der Waals surface area (Å²) >= 11 is 0. The molecule has 4 rings (SSSR count). The molecule has 1 aliphatic heterocycles. The van der Waals surface area contributed by atoms with Crippen LogP contribution < -0.4 is 20.5 Å². The summed E-state index contributed by atoms with van der Waals surface area (Å²) in [7, 11) is 0. The highest BCUT2D eigenvalue weighted by molar-refractivity contribution is 5.93. The van der Waals surface area contributed by atoms with Gasteiger partial charge in [-0.2, -0.15) is 0 Å². The number of carbonyl (C=O) groups is 4. The largest absolute Gasteiger partial charge is 0.492 e. The average Bonchev–Trinajstić information content (AvgIpc) is 3.30. The van der Waals surface area contributed by atoms with E-state index in [1.807, 2.05) is 0 Å². The zero-order chi connectivity index (χ0) is 27.9. The maximum absolute atomic E-state index is 13.1. The molecule has 0 radical (unpaired) electrons. The van der Waals surface area contributed by atoms with E-state index in [1.54, 1.807) is 54.6 Å². The van der Waals surface area contributed by atoms with Crippen molar-refractivity contribution in [1.29, 1.82) is 5.41 Å². The summed E-state index contributed by atoms with van der Waals surface area (Å²) < 4.78 is 11.2. The minimum absolute atomic E-state index is 0.0826. The average molecular weight is 531 g/mol. The van der Waals surface area contributed by atoms with Crippen LogP contribution in [-0.4, -0.2) is 53.2 Å². The van der Waals surface area contributed by atoms with Gasteiger partial charge in [-0.25, -0.2) is 9.59 Å². The third-order valence-electron chi connectivity index (χ3n) is 6.09. The number of aromatic carboxylic acids is 1. The minimum atomic E-state index is -1.07. The molecule has 1 aliphatic rings. The van der Waals surface area contributed by atoms with E-state index < -0.39 is 11.9 Å². The molecule has 1 atom stereocenters. The Bertz CT molecular complexity index is 1420. The number of rotatable bonds is 10. The highest BCUT2D eigenvalue weighted by Gasteiger charge is 2.29. The zero-order valence-corrected chi connectivity index (χ0v) is 20.8. The van der Waals surface area contributed by atoms with Gasteiger partial charge in [-0.1, -0.05) is 18.2 Å². The second-order valence-corrected chi connectivity index (χ2v) is 8.86. The first kappa shape index (κ1) is 26.9. The van der Waals surface area contributed by atoms with Crippen LogP contribution >= 0.6 is 0 Å². The van der Waals surface area contributed by atoms with Gasteiger partial charge in [0.25, 0.3) is 0 Å². The van der Waals surface area contributed by atoms with E-state index in [4.69, 9.17) is 20.6 Å². The SMILES string of the molecule is N=C(N)Nc1ccc(C(=O)Oc2ccc3c(c2)OCC3CC(=O)N(CC=O)Cc2cccc(C(=O)O)c2)cc1. The lowest BCUT2D eigenvalue weighted by Gasteiger charge is -2.22. The van der Waals surface area contributed by atoms with Crippen LogP contribution in [0.25, 0.3) is 0 Å². The maximum Gasteiger partial charge on any atom is 0.343 e. The normalized spacial score (nSPS) is 13.5. The second-order valence-electron chi connectivity index (χ2n) is 8.86. The Morgan fingerprint density at radius 2 is 1.87 bits per heavy atom. The fourth-order valence-electron chi connectivity index (χ4n) is 4.21. The molecule has 1 heterocycles. The Balaban J connectivity index is 1.40. The van der Waals surface area contributed by atoms with E-state index in [1.165, 1.54) is 17.0 Å². The van der Waals surface area contributed by atoms with Crippen LogP contribution in [0.1, 0.15) is 44.2 Å². The van der Waals surface area contributed by atoms with Crippen LogP contribution in [0.4, 0.5) is 5.69 Å². The number of fused-ring (bicyclic) bond motifs is 1. The van der Waals surface area contributed by atoms with E-state index in [-0.39, 0.29) is 55.2 Å². The molecule has 39 heavy (non-hydrogen) atoms. The molecule has 200 valence electrons. The van der Waals surface area contributed by atoms with Crippen molar-refractivity contribution >= 4 is 35.8 Å². The lowest BCUT2D eigenvalue weighted by molar-refractivity contribution is -0.134. The van der Waals surface area contributed by atoms with Gasteiger partial charge in [-0.05, 0) is 48.0 Å². The fourth-order valence-corrected chi connectivity index (χ4v) is 4.21. The van der Waals surface area contributed by atoms with Crippen LogP contribution in [0, 0.1) is 5.41 Å². The number of aldehydes is 1. The van der Waals surface area contributed by atoms with E-state index in [2.05, 4.69) is 5.32 Å². The predicted octanol–water partition coefficient (Wildman–Crippen LogP) is 3.00. The number of benzene rings is 3. The van der Waals surface area contributed by atoms with E-state index >= 15 is 0 Å². The molecular formula is C28H26N4O7. The van der Waals surface area contributed by atoms with Crippen molar-refractivity contribution in [1.82, 2.24) is 4.90 Å². The highest BCUT2D eigenvalue weighted by Crippen LogP contribution is 2.38. The number of carbonyl (C=O) groups excluding carboxylic acids is 3. The lowest BCUT2D eigenvalue weighted by Crippen LogP contribution is -2.33. The number of carboxylic acids is 1. The van der Waals surface area contributed by atoms with Gasteiger partial charge >= 0.3 is 11.9 Å².